The smallest absolute Gasteiger partial charge is 0.291 e. The van der Waals surface area contributed by atoms with Gasteiger partial charge in [-0.15, -0.1) is 0 Å². The second kappa shape index (κ2) is 10.3. The molecule has 2 amide bonds. The number of carbonyl (C=O) groups excluding carboxylic acids is 2. The van der Waals surface area contributed by atoms with Crippen molar-refractivity contribution in [3.63, 3.8) is 0 Å². The number of nitrogens with one attached hydrogen (secondary N) is 3. The standard InChI is InChI=1S/C23H25N3O6S/c1-15(2)21(26-33(29,30)19-12-10-18(31-3)11-13-19)23(28)25-17-8-6-16(7-9-17)24-22(27)20-5-4-14-32-20/h4-15,21,26H,1-3H3,(H,24,27)(H,25,28)/t21-/m0/s1. The fourth-order valence-corrected chi connectivity index (χ4v) is 4.28. The number of benzene rings is 2. The molecule has 9 nitrogen and oxygen atoms in total. The van der Waals surface area contributed by atoms with Crippen molar-refractivity contribution in [2.75, 3.05) is 17.7 Å². The van der Waals surface area contributed by atoms with Crippen LogP contribution in [0.15, 0.2) is 76.2 Å². The van der Waals surface area contributed by atoms with E-state index in [1.165, 1.54) is 37.6 Å². The molecule has 3 rings (SSSR count). The maximum absolute atomic E-state index is 12.8. The van der Waals surface area contributed by atoms with Crippen LogP contribution in [0, 0.1) is 5.92 Å². The van der Waals surface area contributed by atoms with Gasteiger partial charge in [0.1, 0.15) is 11.8 Å². The third-order valence-corrected chi connectivity index (χ3v) is 6.21. The second-order valence-corrected chi connectivity index (χ2v) is 9.23. The van der Waals surface area contributed by atoms with E-state index in [4.69, 9.17) is 9.15 Å². The van der Waals surface area contributed by atoms with E-state index in [2.05, 4.69) is 15.4 Å². The first-order chi connectivity index (χ1) is 15.7. The van der Waals surface area contributed by atoms with E-state index < -0.39 is 27.9 Å². The quantitative estimate of drug-likeness (QED) is 0.439. The van der Waals surface area contributed by atoms with Crippen molar-refractivity contribution in [1.29, 1.82) is 0 Å². The summed E-state index contributed by atoms with van der Waals surface area (Å²) >= 11 is 0. The Hall–Kier alpha value is -3.63. The molecule has 0 unspecified atom stereocenters. The minimum atomic E-state index is -3.93. The molecule has 3 aromatic rings. The zero-order chi connectivity index (χ0) is 24.0. The SMILES string of the molecule is COc1ccc(S(=O)(=O)N[C@H](C(=O)Nc2ccc(NC(=O)c3ccco3)cc2)C(C)C)cc1. The van der Waals surface area contributed by atoms with Gasteiger partial charge in [0.25, 0.3) is 5.91 Å². The van der Waals surface area contributed by atoms with E-state index in [9.17, 15) is 18.0 Å². The fraction of sp³-hybridized carbons (Fsp3) is 0.217. The highest BCUT2D eigenvalue weighted by Gasteiger charge is 2.28. The first-order valence-electron chi connectivity index (χ1n) is 10.1. The highest BCUT2D eigenvalue weighted by atomic mass is 32.2. The Morgan fingerprint density at radius 3 is 2.03 bits per heavy atom. The summed E-state index contributed by atoms with van der Waals surface area (Å²) in [5.74, 6) is -0.517. The summed E-state index contributed by atoms with van der Waals surface area (Å²) in [6, 6.07) is 14.5. The molecule has 0 spiro atoms. The minimum Gasteiger partial charge on any atom is -0.497 e. The zero-order valence-electron chi connectivity index (χ0n) is 18.4. The summed E-state index contributed by atoms with van der Waals surface area (Å²) in [5, 5.41) is 5.38. The molecule has 33 heavy (non-hydrogen) atoms. The zero-order valence-corrected chi connectivity index (χ0v) is 19.2. The van der Waals surface area contributed by atoms with Crippen LogP contribution in [0.5, 0.6) is 5.75 Å². The van der Waals surface area contributed by atoms with Crippen LogP contribution in [-0.2, 0) is 14.8 Å². The average Bonchev–Trinajstić information content (AvgIpc) is 3.34. The molecule has 0 aliphatic carbocycles. The maximum atomic E-state index is 12.8. The number of hydrogen-bond donors (Lipinski definition) is 3. The fourth-order valence-electron chi connectivity index (χ4n) is 2.94. The largest absolute Gasteiger partial charge is 0.497 e. The molecule has 0 saturated heterocycles. The van der Waals surface area contributed by atoms with E-state index >= 15 is 0 Å². The highest BCUT2D eigenvalue weighted by Crippen LogP contribution is 2.19. The van der Waals surface area contributed by atoms with Gasteiger partial charge in [-0.1, -0.05) is 13.8 Å². The van der Waals surface area contributed by atoms with Crippen molar-refractivity contribution in [3.8, 4) is 5.75 Å². The van der Waals surface area contributed by atoms with Crippen molar-refractivity contribution in [2.24, 2.45) is 5.92 Å². The highest BCUT2D eigenvalue weighted by molar-refractivity contribution is 7.89. The number of ether oxygens (including phenoxy) is 1. The Bertz CT molecular complexity index is 1190. The lowest BCUT2D eigenvalue weighted by atomic mass is 10.0. The molecule has 10 heteroatoms. The van der Waals surface area contributed by atoms with Gasteiger partial charge in [0, 0.05) is 11.4 Å². The van der Waals surface area contributed by atoms with Crippen molar-refractivity contribution in [2.45, 2.75) is 24.8 Å². The second-order valence-electron chi connectivity index (χ2n) is 7.52. The van der Waals surface area contributed by atoms with E-state index in [1.54, 1.807) is 50.2 Å². The Morgan fingerprint density at radius 1 is 0.909 bits per heavy atom. The van der Waals surface area contributed by atoms with Gasteiger partial charge < -0.3 is 19.8 Å². The van der Waals surface area contributed by atoms with Crippen molar-refractivity contribution >= 4 is 33.2 Å². The minimum absolute atomic E-state index is 0.0263. The monoisotopic (exact) mass is 471 g/mol. The van der Waals surface area contributed by atoms with E-state index in [1.807, 2.05) is 0 Å². The molecule has 2 aromatic carbocycles. The molecule has 0 radical (unpaired) electrons. The third kappa shape index (κ3) is 6.21. The van der Waals surface area contributed by atoms with Crippen molar-refractivity contribution in [1.82, 2.24) is 4.72 Å². The molecule has 1 atom stereocenters. The number of carbonyl (C=O) groups is 2. The van der Waals surface area contributed by atoms with Gasteiger partial charge >= 0.3 is 0 Å². The Labute approximate surface area is 192 Å². The number of anilines is 2. The maximum Gasteiger partial charge on any atom is 0.291 e. The van der Waals surface area contributed by atoms with Crippen LogP contribution >= 0.6 is 0 Å². The topological polar surface area (TPSA) is 127 Å². The number of rotatable bonds is 9. The van der Waals surface area contributed by atoms with E-state index in [0.29, 0.717) is 17.1 Å². The van der Waals surface area contributed by atoms with Crippen LogP contribution in [0.4, 0.5) is 11.4 Å². The Kier molecular flexibility index (Phi) is 7.52. The van der Waals surface area contributed by atoms with Crippen LogP contribution in [0.3, 0.4) is 0 Å². The van der Waals surface area contributed by atoms with Crippen molar-refractivity contribution < 1.29 is 27.2 Å². The molecule has 0 saturated carbocycles. The molecular formula is C23H25N3O6S. The lowest BCUT2D eigenvalue weighted by molar-refractivity contribution is -0.118. The van der Waals surface area contributed by atoms with Gasteiger partial charge in [0.2, 0.25) is 15.9 Å². The normalized spacial score (nSPS) is 12.2. The molecule has 3 N–H and O–H groups in total. The molecule has 1 aromatic heterocycles. The van der Waals surface area contributed by atoms with Crippen LogP contribution in [-0.4, -0.2) is 33.4 Å². The van der Waals surface area contributed by atoms with E-state index in [0.717, 1.165) is 0 Å². The van der Waals surface area contributed by atoms with E-state index in [-0.39, 0.29) is 16.6 Å². The number of methoxy groups -OCH3 is 1. The molecule has 0 aliphatic rings. The summed E-state index contributed by atoms with van der Waals surface area (Å²) < 4.78 is 38.1. The molecular weight excluding hydrogens is 446 g/mol. The number of amides is 2. The van der Waals surface area contributed by atoms with Crippen molar-refractivity contribution in [3.05, 3.63) is 72.7 Å². The Balaban J connectivity index is 1.66. The van der Waals surface area contributed by atoms with Gasteiger partial charge in [0.05, 0.1) is 18.3 Å². The molecule has 0 fully saturated rings. The first kappa shape index (κ1) is 24.0. The number of hydrogen-bond acceptors (Lipinski definition) is 6. The lowest BCUT2D eigenvalue weighted by Crippen LogP contribution is -2.47. The first-order valence-corrected chi connectivity index (χ1v) is 11.6. The summed E-state index contributed by atoms with van der Waals surface area (Å²) in [7, 11) is -2.44. The molecule has 174 valence electrons. The average molecular weight is 472 g/mol. The summed E-state index contributed by atoms with van der Waals surface area (Å²) in [5.41, 5.74) is 0.959. The summed E-state index contributed by atoms with van der Waals surface area (Å²) in [6.07, 6.45) is 1.40. The third-order valence-electron chi connectivity index (χ3n) is 4.76. The van der Waals surface area contributed by atoms with Crippen LogP contribution in [0.2, 0.25) is 0 Å². The number of sulfonamides is 1. The predicted octanol–water partition coefficient (Wildman–Crippen LogP) is 3.48. The summed E-state index contributed by atoms with van der Waals surface area (Å²) in [6.45, 7) is 3.49. The van der Waals surface area contributed by atoms with Gasteiger partial charge in [-0.25, -0.2) is 8.42 Å². The Morgan fingerprint density at radius 2 is 1.52 bits per heavy atom. The van der Waals surface area contributed by atoms with Crippen LogP contribution < -0.4 is 20.1 Å². The summed E-state index contributed by atoms with van der Waals surface area (Å²) in [4.78, 5) is 24.9. The van der Waals surface area contributed by atoms with Gasteiger partial charge in [0.15, 0.2) is 5.76 Å². The molecule has 0 aliphatic heterocycles. The lowest BCUT2D eigenvalue weighted by Gasteiger charge is -2.22. The van der Waals surface area contributed by atoms with Gasteiger partial charge in [-0.05, 0) is 66.6 Å². The van der Waals surface area contributed by atoms with Crippen LogP contribution in [0.25, 0.3) is 0 Å². The molecule has 1 heterocycles. The van der Waals surface area contributed by atoms with Gasteiger partial charge in [-0.2, -0.15) is 4.72 Å². The van der Waals surface area contributed by atoms with Crippen LogP contribution in [0.1, 0.15) is 24.4 Å². The van der Waals surface area contributed by atoms with Gasteiger partial charge in [-0.3, -0.25) is 9.59 Å². The predicted molar refractivity (Wildman–Crippen MR) is 124 cm³/mol. The molecule has 0 bridgehead atoms. The number of furan rings is 1.